The molecule has 0 unspecified atom stereocenters. The minimum Gasteiger partial charge on any atom is -0.462 e. The van der Waals surface area contributed by atoms with Crippen LogP contribution in [0.15, 0.2) is 22.8 Å². The normalized spacial score (nSPS) is 10.8. The number of nitrogens with one attached hydrogen (secondary N) is 2. The molecule has 0 spiro atoms. The summed E-state index contributed by atoms with van der Waals surface area (Å²) < 4.78 is 10.2. The zero-order valence-electron chi connectivity index (χ0n) is 15.3. The Bertz CT molecular complexity index is 966. The summed E-state index contributed by atoms with van der Waals surface area (Å²) in [6.07, 6.45) is 1.45. The van der Waals surface area contributed by atoms with Crippen molar-refractivity contribution in [1.82, 2.24) is 15.3 Å². The Morgan fingerprint density at radius 1 is 1.26 bits per heavy atom. The summed E-state index contributed by atoms with van der Waals surface area (Å²) in [7, 11) is 0. The second-order valence-electron chi connectivity index (χ2n) is 5.74. The van der Waals surface area contributed by atoms with Crippen LogP contribution in [0.5, 0.6) is 0 Å². The smallest absolute Gasteiger partial charge is 0.348 e. The predicted octanol–water partition coefficient (Wildman–Crippen LogP) is 2.92. The molecule has 0 fully saturated rings. The van der Waals surface area contributed by atoms with Crippen molar-refractivity contribution in [2.45, 2.75) is 20.8 Å². The number of hydrogen-bond donors (Lipinski definition) is 2. The van der Waals surface area contributed by atoms with Crippen molar-refractivity contribution in [3.8, 4) is 0 Å². The van der Waals surface area contributed by atoms with Crippen LogP contribution in [0.25, 0.3) is 10.2 Å². The lowest BCUT2D eigenvalue weighted by Crippen LogP contribution is -2.28. The SMILES string of the molecule is CCOC(=O)c1sc2nc(C)nc(NCCNC(=O)c3ccco3)c2c1C. The molecular formula is C18H20N4O4S. The van der Waals surface area contributed by atoms with Crippen LogP contribution in [0.2, 0.25) is 0 Å². The van der Waals surface area contributed by atoms with Crippen LogP contribution in [-0.4, -0.2) is 41.5 Å². The van der Waals surface area contributed by atoms with Crippen LogP contribution >= 0.6 is 11.3 Å². The Morgan fingerprint density at radius 2 is 2.07 bits per heavy atom. The van der Waals surface area contributed by atoms with Gasteiger partial charge in [0.1, 0.15) is 21.3 Å². The van der Waals surface area contributed by atoms with Crippen LogP contribution < -0.4 is 10.6 Å². The predicted molar refractivity (Wildman–Crippen MR) is 102 cm³/mol. The van der Waals surface area contributed by atoms with E-state index in [0.717, 1.165) is 15.8 Å². The van der Waals surface area contributed by atoms with Gasteiger partial charge in [-0.3, -0.25) is 4.79 Å². The number of thiophene rings is 1. The third-order valence-electron chi connectivity index (χ3n) is 3.81. The molecule has 3 aromatic heterocycles. The number of fused-ring (bicyclic) bond motifs is 1. The van der Waals surface area contributed by atoms with Gasteiger partial charge in [-0.05, 0) is 38.5 Å². The van der Waals surface area contributed by atoms with E-state index in [4.69, 9.17) is 9.15 Å². The van der Waals surface area contributed by atoms with Crippen LogP contribution in [0.3, 0.4) is 0 Å². The number of esters is 1. The van der Waals surface area contributed by atoms with Gasteiger partial charge >= 0.3 is 5.97 Å². The largest absolute Gasteiger partial charge is 0.462 e. The number of furan rings is 1. The van der Waals surface area contributed by atoms with Crippen LogP contribution in [-0.2, 0) is 4.74 Å². The summed E-state index contributed by atoms with van der Waals surface area (Å²) in [5.74, 6) is 0.868. The number of hydrogen-bond acceptors (Lipinski definition) is 8. The van der Waals surface area contributed by atoms with Gasteiger partial charge in [0.2, 0.25) is 0 Å². The van der Waals surface area contributed by atoms with E-state index in [1.54, 1.807) is 26.0 Å². The molecule has 0 aliphatic carbocycles. The molecule has 27 heavy (non-hydrogen) atoms. The molecule has 1 amide bonds. The van der Waals surface area contributed by atoms with E-state index in [-0.39, 0.29) is 17.6 Å². The Labute approximate surface area is 160 Å². The van der Waals surface area contributed by atoms with Gasteiger partial charge in [-0.15, -0.1) is 11.3 Å². The lowest BCUT2D eigenvalue weighted by atomic mass is 10.2. The van der Waals surface area contributed by atoms with Crippen molar-refractivity contribution >= 4 is 39.2 Å². The van der Waals surface area contributed by atoms with Crippen molar-refractivity contribution in [2.75, 3.05) is 25.0 Å². The number of aryl methyl sites for hydroxylation is 2. The highest BCUT2D eigenvalue weighted by Crippen LogP contribution is 2.34. The molecule has 0 aromatic carbocycles. The Kier molecular flexibility index (Phi) is 5.70. The maximum atomic E-state index is 12.1. The number of carbonyl (C=O) groups excluding carboxylic acids is 2. The zero-order chi connectivity index (χ0) is 19.4. The second-order valence-corrected chi connectivity index (χ2v) is 6.74. The maximum Gasteiger partial charge on any atom is 0.348 e. The molecule has 9 heteroatoms. The zero-order valence-corrected chi connectivity index (χ0v) is 16.1. The number of carbonyl (C=O) groups is 2. The number of aromatic nitrogens is 2. The number of rotatable bonds is 7. The Morgan fingerprint density at radius 3 is 2.78 bits per heavy atom. The van der Waals surface area contributed by atoms with Gasteiger partial charge < -0.3 is 19.8 Å². The lowest BCUT2D eigenvalue weighted by molar-refractivity contribution is 0.0531. The van der Waals surface area contributed by atoms with Crippen LogP contribution in [0.4, 0.5) is 5.82 Å². The number of amides is 1. The second kappa shape index (κ2) is 8.17. The molecular weight excluding hydrogens is 368 g/mol. The van der Waals surface area contributed by atoms with E-state index in [1.165, 1.54) is 17.6 Å². The first-order valence-corrected chi connectivity index (χ1v) is 9.33. The lowest BCUT2D eigenvalue weighted by Gasteiger charge is -2.09. The molecule has 3 rings (SSSR count). The van der Waals surface area contributed by atoms with Gasteiger partial charge in [-0.2, -0.15) is 0 Å². The highest BCUT2D eigenvalue weighted by atomic mass is 32.1. The standard InChI is InChI=1S/C18H20N4O4S/c1-4-25-18(24)14-10(2)13-15(21-11(3)22-17(13)27-14)19-7-8-20-16(23)12-6-5-9-26-12/h5-6,9H,4,7-8H2,1-3H3,(H,20,23)(H,19,21,22). The average molecular weight is 388 g/mol. The fourth-order valence-corrected chi connectivity index (χ4v) is 3.74. The van der Waals surface area contributed by atoms with Crippen LogP contribution in [0, 0.1) is 13.8 Å². The quantitative estimate of drug-likeness (QED) is 0.473. The molecule has 2 N–H and O–H groups in total. The minimum atomic E-state index is -0.354. The molecule has 3 heterocycles. The first kappa shape index (κ1) is 18.8. The highest BCUT2D eigenvalue weighted by Gasteiger charge is 2.20. The monoisotopic (exact) mass is 388 g/mol. The van der Waals surface area contributed by atoms with E-state index in [0.29, 0.717) is 36.2 Å². The van der Waals surface area contributed by atoms with Crippen molar-refractivity contribution < 1.29 is 18.7 Å². The maximum absolute atomic E-state index is 12.1. The fraction of sp³-hybridized carbons (Fsp3) is 0.333. The molecule has 0 saturated heterocycles. The van der Waals surface area contributed by atoms with Gasteiger partial charge in [0.15, 0.2) is 5.76 Å². The molecule has 3 aromatic rings. The third kappa shape index (κ3) is 4.08. The molecule has 0 bridgehead atoms. The topological polar surface area (TPSA) is 106 Å². The van der Waals surface area contributed by atoms with Crippen molar-refractivity contribution in [2.24, 2.45) is 0 Å². The van der Waals surface area contributed by atoms with Gasteiger partial charge in [0.25, 0.3) is 5.91 Å². The number of nitrogens with zero attached hydrogens (tertiary/aromatic N) is 2. The van der Waals surface area contributed by atoms with Gasteiger partial charge in [0.05, 0.1) is 18.3 Å². The average Bonchev–Trinajstić information content (AvgIpc) is 3.27. The summed E-state index contributed by atoms with van der Waals surface area (Å²) in [6.45, 7) is 6.59. The van der Waals surface area contributed by atoms with Gasteiger partial charge in [-0.25, -0.2) is 14.8 Å². The molecule has 0 atom stereocenters. The van der Waals surface area contributed by atoms with Gasteiger partial charge in [0, 0.05) is 13.1 Å². The number of anilines is 1. The van der Waals surface area contributed by atoms with Crippen molar-refractivity contribution in [1.29, 1.82) is 0 Å². The number of ether oxygens (including phenoxy) is 1. The molecule has 0 aliphatic rings. The molecule has 0 radical (unpaired) electrons. The summed E-state index contributed by atoms with van der Waals surface area (Å²) in [5, 5.41) is 6.77. The minimum absolute atomic E-state index is 0.267. The van der Waals surface area contributed by atoms with Crippen LogP contribution in [0.1, 0.15) is 38.5 Å². The fourth-order valence-electron chi connectivity index (χ4n) is 2.62. The van der Waals surface area contributed by atoms with E-state index >= 15 is 0 Å². The van der Waals surface area contributed by atoms with E-state index in [2.05, 4.69) is 20.6 Å². The molecule has 142 valence electrons. The summed E-state index contributed by atoms with van der Waals surface area (Å²) in [5.41, 5.74) is 0.788. The Hall–Kier alpha value is -2.94. The third-order valence-corrected chi connectivity index (χ3v) is 4.98. The van der Waals surface area contributed by atoms with E-state index in [9.17, 15) is 9.59 Å². The first-order chi connectivity index (χ1) is 13.0. The first-order valence-electron chi connectivity index (χ1n) is 8.51. The van der Waals surface area contributed by atoms with E-state index in [1.807, 2.05) is 6.92 Å². The molecule has 8 nitrogen and oxygen atoms in total. The van der Waals surface area contributed by atoms with E-state index < -0.39 is 0 Å². The van der Waals surface area contributed by atoms with Crippen molar-refractivity contribution in [3.63, 3.8) is 0 Å². The Balaban J connectivity index is 1.73. The van der Waals surface area contributed by atoms with Crippen molar-refractivity contribution in [3.05, 3.63) is 40.4 Å². The summed E-state index contributed by atoms with van der Waals surface area (Å²) in [6, 6.07) is 3.26. The highest BCUT2D eigenvalue weighted by molar-refractivity contribution is 7.20. The molecule has 0 aliphatic heterocycles. The summed E-state index contributed by atoms with van der Waals surface area (Å²) in [4.78, 5) is 34.1. The van der Waals surface area contributed by atoms with Gasteiger partial charge in [-0.1, -0.05) is 0 Å². The summed E-state index contributed by atoms with van der Waals surface area (Å²) >= 11 is 1.29. The molecule has 0 saturated carbocycles.